The van der Waals surface area contributed by atoms with E-state index in [0.717, 1.165) is 52.1 Å². The molecule has 6 heteroatoms. The Balaban J connectivity index is 1.38. The quantitative estimate of drug-likeness (QED) is 0.830. The van der Waals surface area contributed by atoms with Crippen molar-refractivity contribution in [1.29, 1.82) is 0 Å². The molecular weight excluding hydrogens is 330 g/mol. The number of aliphatic carboxylic acids is 1. The fraction of sp³-hybridized carbons (Fsp3) is 0.700. The third kappa shape index (κ3) is 3.71. The Morgan fingerprint density at radius 1 is 1.23 bits per heavy atom. The highest BCUT2D eigenvalue weighted by molar-refractivity contribution is 5.67. The first-order valence-corrected chi connectivity index (χ1v) is 9.94. The molecule has 0 radical (unpaired) electrons. The van der Waals surface area contributed by atoms with E-state index in [4.69, 9.17) is 5.11 Å². The number of likely N-dealkylation sites (tertiary alicyclic amines) is 1. The lowest BCUT2D eigenvalue weighted by molar-refractivity contribution is -0.138. The Hall–Kier alpha value is -1.66. The Morgan fingerprint density at radius 2 is 2.12 bits per heavy atom. The van der Waals surface area contributed by atoms with Crippen molar-refractivity contribution < 1.29 is 9.90 Å². The van der Waals surface area contributed by atoms with Gasteiger partial charge in [-0.25, -0.2) is 0 Å². The second kappa shape index (κ2) is 7.53. The summed E-state index contributed by atoms with van der Waals surface area (Å²) in [6.45, 7) is 5.83. The third-order valence-electron chi connectivity index (χ3n) is 6.57. The fourth-order valence-electron chi connectivity index (χ4n) is 5.33. The summed E-state index contributed by atoms with van der Waals surface area (Å²) in [6, 6.07) is 5.67. The molecule has 0 amide bonds. The van der Waals surface area contributed by atoms with Crippen molar-refractivity contribution in [2.75, 3.05) is 32.7 Å². The summed E-state index contributed by atoms with van der Waals surface area (Å²) in [4.78, 5) is 25.8. The monoisotopic (exact) mass is 359 g/mol. The first-order valence-electron chi connectivity index (χ1n) is 9.94. The van der Waals surface area contributed by atoms with Crippen LogP contribution in [0.4, 0.5) is 0 Å². The maximum Gasteiger partial charge on any atom is 0.303 e. The first-order chi connectivity index (χ1) is 12.6. The van der Waals surface area contributed by atoms with Crippen molar-refractivity contribution in [1.82, 2.24) is 14.8 Å². The van der Waals surface area contributed by atoms with Crippen molar-refractivity contribution in [2.45, 2.75) is 38.1 Å². The van der Waals surface area contributed by atoms with E-state index in [0.29, 0.717) is 30.1 Å². The van der Waals surface area contributed by atoms with Gasteiger partial charge in [-0.1, -0.05) is 6.07 Å². The average molecular weight is 359 g/mol. The predicted octanol–water partition coefficient (Wildman–Crippen LogP) is 1.36. The lowest BCUT2D eigenvalue weighted by Crippen LogP contribution is -2.48. The molecule has 0 spiro atoms. The number of nitrogens with zero attached hydrogens (tertiary/aromatic N) is 2. The molecule has 142 valence electrons. The van der Waals surface area contributed by atoms with E-state index in [1.54, 1.807) is 6.07 Å². The summed E-state index contributed by atoms with van der Waals surface area (Å²) >= 11 is 0. The maximum absolute atomic E-state index is 12.1. The standard InChI is InChI=1S/C20H29N3O3/c24-19-3-1-2-18-17-8-14(12-23(18)19)11-22(13-17)7-5-16-10-21-6-4-15(16)9-20(25)26/h1-3,14-17,21H,4-13H2,(H,25,26)/t14-,15+,16-,17-/m1/s1. The van der Waals surface area contributed by atoms with Gasteiger partial charge in [0.2, 0.25) is 0 Å². The number of carboxylic acid groups (broad SMARTS) is 1. The van der Waals surface area contributed by atoms with Crippen LogP contribution < -0.4 is 10.9 Å². The largest absolute Gasteiger partial charge is 0.481 e. The lowest BCUT2D eigenvalue weighted by Gasteiger charge is -2.43. The second-order valence-corrected chi connectivity index (χ2v) is 8.36. The van der Waals surface area contributed by atoms with Crippen LogP contribution >= 0.6 is 0 Å². The Labute approximate surface area is 154 Å². The van der Waals surface area contributed by atoms with Crippen LogP contribution in [0.3, 0.4) is 0 Å². The zero-order chi connectivity index (χ0) is 18.1. The van der Waals surface area contributed by atoms with Gasteiger partial charge in [0, 0.05) is 43.7 Å². The van der Waals surface area contributed by atoms with Crippen molar-refractivity contribution in [3.05, 3.63) is 34.2 Å². The van der Waals surface area contributed by atoms with Crippen LogP contribution in [0.1, 0.15) is 37.3 Å². The van der Waals surface area contributed by atoms with Crippen LogP contribution in [0.15, 0.2) is 23.0 Å². The fourth-order valence-corrected chi connectivity index (χ4v) is 5.33. The number of hydrogen-bond acceptors (Lipinski definition) is 4. The maximum atomic E-state index is 12.1. The SMILES string of the molecule is O=C(O)C[C@@H]1CCNC[C@H]1CCN1C[C@H]2C[C@H](C1)c1cccc(=O)n1C2. The van der Waals surface area contributed by atoms with E-state index in [1.807, 2.05) is 10.6 Å². The van der Waals surface area contributed by atoms with Gasteiger partial charge >= 0.3 is 5.97 Å². The van der Waals surface area contributed by atoms with Gasteiger partial charge in [0.15, 0.2) is 0 Å². The van der Waals surface area contributed by atoms with E-state index < -0.39 is 5.97 Å². The minimum Gasteiger partial charge on any atom is -0.481 e. The Morgan fingerprint density at radius 3 is 2.96 bits per heavy atom. The smallest absolute Gasteiger partial charge is 0.303 e. The molecule has 3 aliphatic rings. The summed E-state index contributed by atoms with van der Waals surface area (Å²) in [5, 5.41) is 12.6. The van der Waals surface area contributed by atoms with Gasteiger partial charge < -0.3 is 19.9 Å². The molecule has 0 unspecified atom stereocenters. The average Bonchev–Trinajstić information content (AvgIpc) is 2.61. The molecule has 2 N–H and O–H groups in total. The molecule has 6 nitrogen and oxygen atoms in total. The van der Waals surface area contributed by atoms with Crippen LogP contribution in [0, 0.1) is 17.8 Å². The normalized spacial score (nSPS) is 31.4. The number of fused-ring (bicyclic) bond motifs is 4. The van der Waals surface area contributed by atoms with Gasteiger partial charge in [0.1, 0.15) is 0 Å². The zero-order valence-electron chi connectivity index (χ0n) is 15.3. The predicted molar refractivity (Wildman–Crippen MR) is 99.3 cm³/mol. The summed E-state index contributed by atoms with van der Waals surface area (Å²) in [6.07, 6.45) is 3.52. The van der Waals surface area contributed by atoms with Crippen molar-refractivity contribution in [3.8, 4) is 0 Å². The van der Waals surface area contributed by atoms with E-state index >= 15 is 0 Å². The lowest BCUT2D eigenvalue weighted by atomic mass is 9.80. The molecule has 3 aliphatic heterocycles. The molecule has 2 bridgehead atoms. The van der Waals surface area contributed by atoms with Gasteiger partial charge in [-0.3, -0.25) is 9.59 Å². The molecule has 26 heavy (non-hydrogen) atoms. The summed E-state index contributed by atoms with van der Waals surface area (Å²) in [5.74, 6) is 1.10. The minimum atomic E-state index is -0.670. The van der Waals surface area contributed by atoms with E-state index in [2.05, 4.69) is 16.3 Å². The van der Waals surface area contributed by atoms with E-state index in [9.17, 15) is 9.59 Å². The number of pyridine rings is 1. The van der Waals surface area contributed by atoms with Crippen molar-refractivity contribution >= 4 is 5.97 Å². The number of rotatable bonds is 5. The van der Waals surface area contributed by atoms with Gasteiger partial charge in [-0.2, -0.15) is 0 Å². The van der Waals surface area contributed by atoms with Crippen LogP contribution in [-0.2, 0) is 11.3 Å². The zero-order valence-corrected chi connectivity index (χ0v) is 15.3. The topological polar surface area (TPSA) is 74.6 Å². The van der Waals surface area contributed by atoms with E-state index in [1.165, 1.54) is 12.1 Å². The Kier molecular flexibility index (Phi) is 5.14. The molecule has 0 aliphatic carbocycles. The number of piperidine rings is 2. The van der Waals surface area contributed by atoms with Crippen LogP contribution in [0.5, 0.6) is 0 Å². The molecule has 1 aromatic heterocycles. The molecule has 0 aromatic carbocycles. The molecule has 4 heterocycles. The highest BCUT2D eigenvalue weighted by Crippen LogP contribution is 2.35. The van der Waals surface area contributed by atoms with Gasteiger partial charge in [-0.05, 0) is 62.7 Å². The van der Waals surface area contributed by atoms with Gasteiger partial charge in [0.05, 0.1) is 0 Å². The van der Waals surface area contributed by atoms with Crippen molar-refractivity contribution in [2.24, 2.45) is 17.8 Å². The minimum absolute atomic E-state index is 0.135. The van der Waals surface area contributed by atoms with Gasteiger partial charge in [-0.15, -0.1) is 0 Å². The van der Waals surface area contributed by atoms with Crippen LogP contribution in [0.2, 0.25) is 0 Å². The number of hydrogen-bond donors (Lipinski definition) is 2. The van der Waals surface area contributed by atoms with Crippen LogP contribution in [0.25, 0.3) is 0 Å². The molecule has 1 aromatic rings. The number of carbonyl (C=O) groups is 1. The number of nitrogens with one attached hydrogen (secondary N) is 1. The van der Waals surface area contributed by atoms with Crippen molar-refractivity contribution in [3.63, 3.8) is 0 Å². The highest BCUT2D eigenvalue weighted by Gasteiger charge is 2.35. The summed E-state index contributed by atoms with van der Waals surface area (Å²) in [5.41, 5.74) is 1.33. The summed E-state index contributed by atoms with van der Waals surface area (Å²) < 4.78 is 1.98. The van der Waals surface area contributed by atoms with E-state index in [-0.39, 0.29) is 5.56 Å². The number of carboxylic acids is 1. The molecule has 4 atom stereocenters. The summed E-state index contributed by atoms with van der Waals surface area (Å²) in [7, 11) is 0. The second-order valence-electron chi connectivity index (χ2n) is 8.36. The van der Waals surface area contributed by atoms with Gasteiger partial charge in [0.25, 0.3) is 5.56 Å². The molecule has 4 rings (SSSR count). The molecule has 2 fully saturated rings. The number of aromatic nitrogens is 1. The highest BCUT2D eigenvalue weighted by atomic mass is 16.4. The van der Waals surface area contributed by atoms with Crippen LogP contribution in [-0.4, -0.2) is 53.3 Å². The third-order valence-corrected chi connectivity index (χ3v) is 6.57. The first kappa shape index (κ1) is 17.7. The Bertz CT molecular complexity index is 716. The molecule has 2 saturated heterocycles. The molecular formula is C20H29N3O3. The molecule has 0 saturated carbocycles.